The Morgan fingerprint density at radius 2 is 1.41 bits per heavy atom. The van der Waals surface area contributed by atoms with E-state index in [2.05, 4.69) is 0 Å². The van der Waals surface area contributed by atoms with Crippen LogP contribution in [0.1, 0.15) is 89.7 Å². The lowest BCUT2D eigenvalue weighted by Crippen LogP contribution is -2.27. The van der Waals surface area contributed by atoms with Gasteiger partial charge in [0.25, 0.3) is 0 Å². The number of halogens is 1. The number of rotatable bonds is 8. The van der Waals surface area contributed by atoms with Crippen LogP contribution in [0.4, 0.5) is 4.39 Å². The van der Waals surface area contributed by atoms with Crippen LogP contribution >= 0.6 is 0 Å². The van der Waals surface area contributed by atoms with Gasteiger partial charge in [-0.05, 0) is 95.9 Å². The first-order valence-electron chi connectivity index (χ1n) is 15.6. The molecular formula is C37H45FO8. The molecule has 1 aromatic rings. The van der Waals surface area contributed by atoms with E-state index in [1.54, 1.807) is 65.8 Å². The molecule has 0 bridgehead atoms. The van der Waals surface area contributed by atoms with Gasteiger partial charge >= 0.3 is 11.9 Å². The molecule has 0 saturated heterocycles. The molecule has 1 aromatic carbocycles. The molecule has 248 valence electrons. The molecule has 46 heavy (non-hydrogen) atoms. The number of fused-ring (bicyclic) bond motifs is 2. The summed E-state index contributed by atoms with van der Waals surface area (Å²) in [5.74, 6) is -1.52. The second kappa shape index (κ2) is 14.9. The highest BCUT2D eigenvalue weighted by molar-refractivity contribution is 6.14. The van der Waals surface area contributed by atoms with Gasteiger partial charge in [0.05, 0.1) is 11.1 Å². The van der Waals surface area contributed by atoms with E-state index in [1.807, 2.05) is 26.8 Å². The molecule has 0 fully saturated rings. The fourth-order valence-corrected chi connectivity index (χ4v) is 4.98. The third kappa shape index (κ3) is 9.61. The van der Waals surface area contributed by atoms with Crippen molar-refractivity contribution in [2.24, 2.45) is 0 Å². The predicted molar refractivity (Wildman–Crippen MR) is 173 cm³/mol. The Labute approximate surface area is 271 Å². The molecule has 0 aromatic heterocycles. The Kier molecular flexibility index (Phi) is 11.7. The van der Waals surface area contributed by atoms with Crippen LogP contribution < -0.4 is 4.74 Å². The summed E-state index contributed by atoms with van der Waals surface area (Å²) in [7, 11) is 0. The van der Waals surface area contributed by atoms with Crippen LogP contribution in [0.5, 0.6) is 5.75 Å². The third-order valence-electron chi connectivity index (χ3n) is 6.69. The normalized spacial score (nSPS) is 16.8. The van der Waals surface area contributed by atoms with Crippen molar-refractivity contribution in [3.63, 3.8) is 0 Å². The Balaban J connectivity index is 0.00000282. The second-order valence-corrected chi connectivity index (χ2v) is 13.0. The zero-order valence-corrected chi connectivity index (χ0v) is 28.3. The Morgan fingerprint density at radius 1 is 0.848 bits per heavy atom. The molecule has 3 aliphatic carbocycles. The van der Waals surface area contributed by atoms with Crippen molar-refractivity contribution in [2.75, 3.05) is 13.2 Å². The van der Waals surface area contributed by atoms with E-state index in [1.165, 1.54) is 12.2 Å². The molecule has 0 amide bonds. The van der Waals surface area contributed by atoms with Crippen LogP contribution in [-0.4, -0.2) is 54.1 Å². The number of alkyl halides is 1. The van der Waals surface area contributed by atoms with Crippen LogP contribution in [0.15, 0.2) is 70.6 Å². The van der Waals surface area contributed by atoms with Gasteiger partial charge in [-0.2, -0.15) is 0 Å². The number of benzene rings is 1. The van der Waals surface area contributed by atoms with E-state index in [0.717, 1.165) is 5.56 Å². The Bertz CT molecular complexity index is 1540. The minimum atomic E-state index is -1.60. The molecule has 8 nitrogen and oxygen atoms in total. The fourth-order valence-electron chi connectivity index (χ4n) is 4.98. The van der Waals surface area contributed by atoms with Crippen molar-refractivity contribution in [1.82, 2.24) is 0 Å². The quantitative estimate of drug-likeness (QED) is 0.277. The Morgan fingerprint density at radius 3 is 2.02 bits per heavy atom. The molecular weight excluding hydrogens is 591 g/mol. The maximum Gasteiger partial charge on any atom is 0.335 e. The van der Waals surface area contributed by atoms with Gasteiger partial charge in [-0.1, -0.05) is 32.1 Å². The standard InChI is InChI=1S/C35H39FO8.C2H6/c1-20-12-22-15-24(33(40)44-35(5,6)7)17-27(38)31(22)29(13-20)42-19-25(36)18-41-28-11-9-8-10-21-14-23(16-26(37)30(21)28)32(39)43-34(2,3)4;1-2/h9-13,16-17,25H,8,14-15,18-19H2,1-7H3;1-2H3. The van der Waals surface area contributed by atoms with E-state index in [4.69, 9.17) is 18.9 Å². The van der Waals surface area contributed by atoms with Crippen molar-refractivity contribution >= 4 is 23.5 Å². The SMILES string of the molecule is CC.Cc1cc2c(c(OCC(F)COC3=C4C(=O)C=C(C(=O)OC(C)(C)C)CC4=CCC=C3)c1)C(=O)C=C(C(=O)OC(C)(C)C)C2. The number of esters is 2. The first kappa shape index (κ1) is 36.2. The Hall–Kier alpha value is -4.27. The van der Waals surface area contributed by atoms with Crippen LogP contribution in [0, 0.1) is 6.92 Å². The molecule has 0 heterocycles. The number of aryl methyl sites for hydroxylation is 1. The lowest BCUT2D eigenvalue weighted by atomic mass is 9.87. The minimum Gasteiger partial charge on any atom is -0.490 e. The maximum absolute atomic E-state index is 15.1. The molecule has 0 aliphatic heterocycles. The third-order valence-corrected chi connectivity index (χ3v) is 6.69. The molecule has 0 spiro atoms. The minimum absolute atomic E-state index is 0.188. The van der Waals surface area contributed by atoms with Gasteiger partial charge in [0.1, 0.15) is 35.9 Å². The van der Waals surface area contributed by atoms with Gasteiger partial charge in [0, 0.05) is 24.0 Å². The average molecular weight is 637 g/mol. The van der Waals surface area contributed by atoms with Crippen molar-refractivity contribution in [1.29, 1.82) is 0 Å². The predicted octanol–water partition coefficient (Wildman–Crippen LogP) is 7.14. The van der Waals surface area contributed by atoms with Crippen LogP contribution in [-0.2, 0) is 35.0 Å². The monoisotopic (exact) mass is 636 g/mol. The lowest BCUT2D eigenvalue weighted by Gasteiger charge is -2.24. The number of hydrogen-bond donors (Lipinski definition) is 0. The largest absolute Gasteiger partial charge is 0.490 e. The molecule has 3 aliphatic rings. The topological polar surface area (TPSA) is 105 Å². The number of carbonyl (C=O) groups is 4. The number of carbonyl (C=O) groups excluding carboxylic acids is 4. The highest BCUT2D eigenvalue weighted by atomic mass is 19.1. The summed E-state index contributed by atoms with van der Waals surface area (Å²) in [6.07, 6.45) is 7.06. The smallest absolute Gasteiger partial charge is 0.335 e. The van der Waals surface area contributed by atoms with E-state index in [-0.39, 0.29) is 46.6 Å². The summed E-state index contributed by atoms with van der Waals surface area (Å²) < 4.78 is 37.5. The maximum atomic E-state index is 15.1. The number of ketones is 2. The summed E-state index contributed by atoms with van der Waals surface area (Å²) in [6, 6.07) is 3.45. The molecule has 9 heteroatoms. The summed E-state index contributed by atoms with van der Waals surface area (Å²) in [4.78, 5) is 51.3. The molecule has 0 saturated carbocycles. The molecule has 0 N–H and O–H groups in total. The van der Waals surface area contributed by atoms with Crippen LogP contribution in [0.2, 0.25) is 0 Å². The molecule has 1 unspecified atom stereocenters. The van der Waals surface area contributed by atoms with Gasteiger partial charge in [0.2, 0.25) is 0 Å². The highest BCUT2D eigenvalue weighted by Crippen LogP contribution is 2.34. The van der Waals surface area contributed by atoms with Gasteiger partial charge in [-0.25, -0.2) is 14.0 Å². The molecule has 0 radical (unpaired) electrons. The second-order valence-electron chi connectivity index (χ2n) is 13.0. The first-order valence-corrected chi connectivity index (χ1v) is 15.6. The van der Waals surface area contributed by atoms with Gasteiger partial charge in [-0.3, -0.25) is 9.59 Å². The fraction of sp³-hybridized carbons (Fsp3) is 0.459. The van der Waals surface area contributed by atoms with E-state index in [0.29, 0.717) is 17.6 Å². The van der Waals surface area contributed by atoms with Crippen molar-refractivity contribution in [3.05, 3.63) is 87.3 Å². The van der Waals surface area contributed by atoms with Gasteiger partial charge in [0.15, 0.2) is 17.7 Å². The molecule has 4 rings (SSSR count). The highest BCUT2D eigenvalue weighted by Gasteiger charge is 2.31. The van der Waals surface area contributed by atoms with Crippen molar-refractivity contribution in [3.8, 4) is 5.75 Å². The van der Waals surface area contributed by atoms with Crippen molar-refractivity contribution < 1.29 is 42.5 Å². The number of hydrogen-bond acceptors (Lipinski definition) is 8. The van der Waals surface area contributed by atoms with E-state index in [9.17, 15) is 19.2 Å². The summed E-state index contributed by atoms with van der Waals surface area (Å²) in [5.41, 5.74) is 1.66. The van der Waals surface area contributed by atoms with Crippen LogP contribution in [0.25, 0.3) is 0 Å². The number of ether oxygens (including phenoxy) is 4. The van der Waals surface area contributed by atoms with Gasteiger partial charge in [-0.15, -0.1) is 0 Å². The van der Waals surface area contributed by atoms with Crippen LogP contribution in [0.3, 0.4) is 0 Å². The zero-order valence-electron chi connectivity index (χ0n) is 28.3. The van der Waals surface area contributed by atoms with E-state index < -0.39 is 54.1 Å². The first-order chi connectivity index (χ1) is 21.5. The van der Waals surface area contributed by atoms with Gasteiger partial charge < -0.3 is 18.9 Å². The summed E-state index contributed by atoms with van der Waals surface area (Å²) >= 11 is 0. The number of allylic oxidation sites excluding steroid dienone is 7. The van der Waals surface area contributed by atoms with E-state index >= 15 is 4.39 Å². The van der Waals surface area contributed by atoms with Crippen molar-refractivity contribution in [2.45, 2.75) is 98.9 Å². The average Bonchev–Trinajstić information content (AvgIpc) is 3.16. The summed E-state index contributed by atoms with van der Waals surface area (Å²) in [5, 5.41) is 0. The summed E-state index contributed by atoms with van der Waals surface area (Å²) in [6.45, 7) is 15.5. The lowest BCUT2D eigenvalue weighted by molar-refractivity contribution is -0.151. The zero-order chi connectivity index (χ0) is 34.4. The molecule has 1 atom stereocenters.